The van der Waals surface area contributed by atoms with E-state index in [9.17, 15) is 0 Å². The second-order valence-corrected chi connectivity index (χ2v) is 6.29. The van der Waals surface area contributed by atoms with Crippen molar-refractivity contribution in [3.05, 3.63) is 35.4 Å². The smallest absolute Gasteiger partial charge is 0.130 e. The van der Waals surface area contributed by atoms with E-state index in [1.54, 1.807) is 0 Å². The van der Waals surface area contributed by atoms with Crippen LogP contribution in [0.5, 0.6) is 0 Å². The molecule has 94 valence electrons. The van der Waals surface area contributed by atoms with Crippen molar-refractivity contribution in [2.45, 2.75) is 45.6 Å². The van der Waals surface area contributed by atoms with Crippen molar-refractivity contribution in [3.8, 4) is 0 Å². The molecule has 0 bridgehead atoms. The first-order valence-electron chi connectivity index (χ1n) is 6.66. The van der Waals surface area contributed by atoms with E-state index in [4.69, 9.17) is 4.98 Å². The molecule has 18 heavy (non-hydrogen) atoms. The lowest BCUT2D eigenvalue weighted by Gasteiger charge is -2.17. The fourth-order valence-electron chi connectivity index (χ4n) is 2.67. The van der Waals surface area contributed by atoms with Crippen LogP contribution in [-0.4, -0.2) is 10.5 Å². The summed E-state index contributed by atoms with van der Waals surface area (Å²) >= 11 is 0. The molecular formula is C16H20N2. The minimum absolute atomic E-state index is 0.133. The molecule has 0 saturated heterocycles. The van der Waals surface area contributed by atoms with Gasteiger partial charge in [0.15, 0.2) is 0 Å². The predicted molar refractivity (Wildman–Crippen MR) is 77.2 cm³/mol. The molecule has 0 aliphatic carbocycles. The molecule has 3 rings (SSSR count). The third kappa shape index (κ3) is 1.86. The topological polar surface area (TPSA) is 24.9 Å². The minimum atomic E-state index is 0.133. The Balaban J connectivity index is 2.14. The lowest BCUT2D eigenvalue weighted by atomic mass is 9.98. The number of hydrogen-bond donors (Lipinski definition) is 1. The van der Waals surface area contributed by atoms with Crippen LogP contribution in [-0.2, 0) is 6.42 Å². The Morgan fingerprint density at radius 1 is 1.22 bits per heavy atom. The molecule has 1 aliphatic rings. The summed E-state index contributed by atoms with van der Waals surface area (Å²) in [6, 6.07) is 8.91. The largest absolute Gasteiger partial charge is 0.365 e. The number of rotatable bonds is 1. The van der Waals surface area contributed by atoms with Gasteiger partial charge in [0, 0.05) is 10.9 Å². The lowest BCUT2D eigenvalue weighted by molar-refractivity contribution is 0.593. The van der Waals surface area contributed by atoms with Gasteiger partial charge in [-0.2, -0.15) is 0 Å². The lowest BCUT2D eigenvalue weighted by Crippen LogP contribution is -2.27. The second kappa shape index (κ2) is 3.71. The Hall–Kier alpha value is -1.57. The van der Waals surface area contributed by atoms with E-state index in [0.717, 1.165) is 17.8 Å². The fourth-order valence-corrected chi connectivity index (χ4v) is 2.67. The molecule has 1 aromatic carbocycles. The van der Waals surface area contributed by atoms with E-state index in [0.29, 0.717) is 5.92 Å². The Labute approximate surface area is 108 Å². The first-order chi connectivity index (χ1) is 8.44. The number of fused-ring (bicyclic) bond motifs is 2. The average molecular weight is 240 g/mol. The summed E-state index contributed by atoms with van der Waals surface area (Å²) in [6.07, 6.45) is 1.05. The number of anilines is 1. The summed E-state index contributed by atoms with van der Waals surface area (Å²) in [6.45, 7) is 8.88. The molecule has 0 unspecified atom stereocenters. The van der Waals surface area contributed by atoms with E-state index in [1.165, 1.54) is 16.5 Å². The quantitative estimate of drug-likeness (QED) is 0.811. The van der Waals surface area contributed by atoms with Gasteiger partial charge in [0.25, 0.3) is 0 Å². The van der Waals surface area contributed by atoms with E-state index in [2.05, 4.69) is 57.3 Å². The van der Waals surface area contributed by atoms with Gasteiger partial charge in [-0.05, 0) is 49.4 Å². The maximum Gasteiger partial charge on any atom is 0.130 e. The molecule has 0 spiro atoms. The number of nitrogens with one attached hydrogen (secondary N) is 1. The third-order valence-electron chi connectivity index (χ3n) is 3.68. The highest BCUT2D eigenvalue weighted by atomic mass is 15.1. The molecule has 0 amide bonds. The molecule has 0 radical (unpaired) electrons. The van der Waals surface area contributed by atoms with E-state index in [1.807, 2.05) is 0 Å². The van der Waals surface area contributed by atoms with Crippen LogP contribution >= 0.6 is 0 Å². The van der Waals surface area contributed by atoms with Gasteiger partial charge in [-0.25, -0.2) is 4.98 Å². The maximum absolute atomic E-state index is 4.78. The number of nitrogens with zero attached hydrogens (tertiary/aromatic N) is 1. The van der Waals surface area contributed by atoms with Gasteiger partial charge in [-0.3, -0.25) is 0 Å². The van der Waals surface area contributed by atoms with Crippen molar-refractivity contribution in [2.75, 3.05) is 5.32 Å². The van der Waals surface area contributed by atoms with Crippen LogP contribution in [0.15, 0.2) is 24.3 Å². The van der Waals surface area contributed by atoms with Gasteiger partial charge in [0.1, 0.15) is 5.82 Å². The zero-order valence-corrected chi connectivity index (χ0v) is 11.5. The molecule has 1 N–H and O–H groups in total. The highest BCUT2D eigenvalue weighted by Gasteiger charge is 2.28. The first-order valence-corrected chi connectivity index (χ1v) is 6.66. The Morgan fingerprint density at radius 3 is 2.72 bits per heavy atom. The Bertz CT molecular complexity index is 612. The standard InChI is InChI=1S/C16H20N2/c1-10(2)11-5-6-12-7-13-9-16(3,4)18-15(13)17-14(12)8-11/h5-8,10H,9H2,1-4H3,(H,17,18). The van der Waals surface area contributed by atoms with Crippen molar-refractivity contribution in [2.24, 2.45) is 0 Å². The summed E-state index contributed by atoms with van der Waals surface area (Å²) in [5.74, 6) is 1.61. The summed E-state index contributed by atoms with van der Waals surface area (Å²) in [5.41, 5.74) is 3.93. The van der Waals surface area contributed by atoms with Crippen LogP contribution < -0.4 is 5.32 Å². The Kier molecular flexibility index (Phi) is 2.37. The highest BCUT2D eigenvalue weighted by molar-refractivity contribution is 5.83. The van der Waals surface area contributed by atoms with E-state index < -0.39 is 0 Å². The Morgan fingerprint density at radius 2 is 2.00 bits per heavy atom. The van der Waals surface area contributed by atoms with Gasteiger partial charge in [-0.15, -0.1) is 0 Å². The molecule has 0 atom stereocenters. The van der Waals surface area contributed by atoms with Crippen molar-refractivity contribution in [1.29, 1.82) is 0 Å². The van der Waals surface area contributed by atoms with Crippen LogP contribution in [0.4, 0.5) is 5.82 Å². The van der Waals surface area contributed by atoms with Crippen LogP contribution in [0.1, 0.15) is 44.7 Å². The normalized spacial score (nSPS) is 16.9. The summed E-state index contributed by atoms with van der Waals surface area (Å²) in [7, 11) is 0. The maximum atomic E-state index is 4.78. The highest BCUT2D eigenvalue weighted by Crippen LogP contribution is 2.33. The van der Waals surface area contributed by atoms with Crippen LogP contribution in [0.2, 0.25) is 0 Å². The summed E-state index contributed by atoms with van der Waals surface area (Å²) in [5, 5.41) is 4.75. The molecule has 2 heterocycles. The van der Waals surface area contributed by atoms with Crippen LogP contribution in [0, 0.1) is 0 Å². The minimum Gasteiger partial charge on any atom is -0.365 e. The summed E-state index contributed by atoms with van der Waals surface area (Å²) in [4.78, 5) is 4.78. The number of hydrogen-bond acceptors (Lipinski definition) is 2. The first kappa shape index (κ1) is 11.5. The second-order valence-electron chi connectivity index (χ2n) is 6.29. The van der Waals surface area contributed by atoms with Gasteiger partial charge in [-0.1, -0.05) is 26.0 Å². The van der Waals surface area contributed by atoms with E-state index >= 15 is 0 Å². The third-order valence-corrected chi connectivity index (χ3v) is 3.68. The monoisotopic (exact) mass is 240 g/mol. The van der Waals surface area contributed by atoms with Gasteiger partial charge in [0.05, 0.1) is 5.52 Å². The zero-order chi connectivity index (χ0) is 12.9. The van der Waals surface area contributed by atoms with Crippen molar-refractivity contribution in [3.63, 3.8) is 0 Å². The molecule has 1 aliphatic heterocycles. The summed E-state index contributed by atoms with van der Waals surface area (Å²) < 4.78 is 0. The molecule has 0 fully saturated rings. The molecule has 2 aromatic rings. The van der Waals surface area contributed by atoms with Crippen molar-refractivity contribution in [1.82, 2.24) is 4.98 Å². The number of pyridine rings is 1. The van der Waals surface area contributed by atoms with Crippen LogP contribution in [0.3, 0.4) is 0 Å². The van der Waals surface area contributed by atoms with Gasteiger partial charge < -0.3 is 5.32 Å². The van der Waals surface area contributed by atoms with Gasteiger partial charge in [0.2, 0.25) is 0 Å². The average Bonchev–Trinajstić information content (AvgIpc) is 2.57. The molecule has 1 aromatic heterocycles. The van der Waals surface area contributed by atoms with Crippen molar-refractivity contribution < 1.29 is 0 Å². The molecular weight excluding hydrogens is 220 g/mol. The van der Waals surface area contributed by atoms with Gasteiger partial charge >= 0.3 is 0 Å². The predicted octanol–water partition coefficient (Wildman–Crippen LogP) is 4.10. The van der Waals surface area contributed by atoms with E-state index in [-0.39, 0.29) is 5.54 Å². The molecule has 0 saturated carbocycles. The molecule has 2 nitrogen and oxygen atoms in total. The number of benzene rings is 1. The zero-order valence-electron chi connectivity index (χ0n) is 11.5. The van der Waals surface area contributed by atoms with Crippen LogP contribution in [0.25, 0.3) is 10.9 Å². The van der Waals surface area contributed by atoms with Crippen molar-refractivity contribution >= 4 is 16.7 Å². The SMILES string of the molecule is CC(C)c1ccc2cc3c(nc2c1)NC(C)(C)C3. The fraction of sp³-hybridized carbons (Fsp3) is 0.438. The molecule has 2 heteroatoms. The number of aromatic nitrogens is 1.